The Morgan fingerprint density at radius 2 is 2.13 bits per heavy atom. The van der Waals surface area contributed by atoms with Gasteiger partial charge in [0, 0.05) is 13.1 Å². The second-order valence-corrected chi connectivity index (χ2v) is 3.46. The van der Waals surface area contributed by atoms with E-state index in [0.29, 0.717) is 19.4 Å². The lowest BCUT2D eigenvalue weighted by Gasteiger charge is -2.22. The number of carbonyl (C=O) groups is 1. The molecular weight excluding hydrogens is 196 g/mol. The molecule has 6 nitrogen and oxygen atoms in total. The van der Waals surface area contributed by atoms with Gasteiger partial charge >= 0.3 is 5.97 Å². The van der Waals surface area contributed by atoms with E-state index < -0.39 is 12.0 Å². The van der Waals surface area contributed by atoms with Crippen LogP contribution in [0.4, 0.5) is 0 Å². The number of hydrogen-bond acceptors (Lipinski definition) is 3. The highest BCUT2D eigenvalue weighted by molar-refractivity contribution is 5.74. The number of carboxylic acid groups (broad SMARTS) is 1. The minimum Gasteiger partial charge on any atom is -0.480 e. The van der Waals surface area contributed by atoms with Crippen LogP contribution in [0, 0.1) is 5.41 Å². The average Bonchev–Trinajstić information content (AvgIpc) is 2.15. The SMILES string of the molecule is CCCN(CCC[C@H](N)C(=O)O)C(=N)N. The van der Waals surface area contributed by atoms with Crippen LogP contribution in [0.15, 0.2) is 0 Å². The molecule has 0 aliphatic rings. The summed E-state index contributed by atoms with van der Waals surface area (Å²) in [6.07, 6.45) is 1.94. The van der Waals surface area contributed by atoms with E-state index in [1.54, 1.807) is 4.90 Å². The normalized spacial score (nSPS) is 12.1. The summed E-state index contributed by atoms with van der Waals surface area (Å²) in [6, 6.07) is -0.819. The molecular formula is C9H20N4O2. The largest absolute Gasteiger partial charge is 0.480 e. The molecule has 0 rings (SSSR count). The monoisotopic (exact) mass is 216 g/mol. The van der Waals surface area contributed by atoms with Crippen LogP contribution in [0.2, 0.25) is 0 Å². The molecule has 0 aliphatic heterocycles. The fraction of sp³-hybridized carbons (Fsp3) is 0.778. The van der Waals surface area contributed by atoms with Crippen LogP contribution < -0.4 is 11.5 Å². The van der Waals surface area contributed by atoms with Crippen LogP contribution in [0.3, 0.4) is 0 Å². The smallest absolute Gasteiger partial charge is 0.320 e. The third kappa shape index (κ3) is 5.90. The third-order valence-corrected chi connectivity index (χ3v) is 2.09. The summed E-state index contributed by atoms with van der Waals surface area (Å²) in [5.74, 6) is -0.958. The summed E-state index contributed by atoms with van der Waals surface area (Å²) in [7, 11) is 0. The van der Waals surface area contributed by atoms with Crippen LogP contribution in [-0.2, 0) is 4.79 Å². The van der Waals surface area contributed by atoms with E-state index in [1.807, 2.05) is 6.92 Å². The molecule has 15 heavy (non-hydrogen) atoms. The average molecular weight is 216 g/mol. The number of hydrogen-bond donors (Lipinski definition) is 4. The van der Waals surface area contributed by atoms with Crippen LogP contribution in [-0.4, -0.2) is 41.1 Å². The lowest BCUT2D eigenvalue weighted by molar-refractivity contribution is -0.138. The summed E-state index contributed by atoms with van der Waals surface area (Å²) in [6.45, 7) is 3.31. The minimum atomic E-state index is -0.986. The third-order valence-electron chi connectivity index (χ3n) is 2.09. The number of nitrogens with one attached hydrogen (secondary N) is 1. The molecule has 0 aromatic carbocycles. The number of nitrogens with zero attached hydrogens (tertiary/aromatic N) is 1. The summed E-state index contributed by atoms with van der Waals surface area (Å²) in [4.78, 5) is 12.1. The van der Waals surface area contributed by atoms with Crippen molar-refractivity contribution in [1.29, 1.82) is 5.41 Å². The Labute approximate surface area is 89.7 Å². The summed E-state index contributed by atoms with van der Waals surface area (Å²) in [5, 5.41) is 15.8. The van der Waals surface area contributed by atoms with E-state index in [0.717, 1.165) is 13.0 Å². The first-order chi connectivity index (χ1) is 6.99. The van der Waals surface area contributed by atoms with Gasteiger partial charge in [-0.1, -0.05) is 6.92 Å². The molecule has 0 heterocycles. The summed E-state index contributed by atoms with van der Waals surface area (Å²) < 4.78 is 0. The Morgan fingerprint density at radius 3 is 2.53 bits per heavy atom. The molecule has 6 N–H and O–H groups in total. The van der Waals surface area contributed by atoms with Crippen molar-refractivity contribution in [2.75, 3.05) is 13.1 Å². The summed E-state index contributed by atoms with van der Waals surface area (Å²) >= 11 is 0. The molecule has 6 heteroatoms. The molecule has 1 atom stereocenters. The van der Waals surface area contributed by atoms with Crippen LogP contribution in [0.1, 0.15) is 26.2 Å². The first-order valence-corrected chi connectivity index (χ1v) is 5.06. The number of carboxylic acids is 1. The number of aliphatic carboxylic acids is 1. The Balaban J connectivity index is 3.80. The first-order valence-electron chi connectivity index (χ1n) is 5.06. The zero-order valence-electron chi connectivity index (χ0n) is 9.07. The van der Waals surface area contributed by atoms with Gasteiger partial charge in [-0.05, 0) is 19.3 Å². The van der Waals surface area contributed by atoms with Crippen molar-refractivity contribution in [3.8, 4) is 0 Å². The molecule has 0 saturated heterocycles. The first kappa shape index (κ1) is 13.7. The second kappa shape index (κ2) is 7.05. The predicted octanol–water partition coefficient (Wildman–Crippen LogP) is -0.216. The van der Waals surface area contributed by atoms with Gasteiger partial charge in [-0.25, -0.2) is 0 Å². The predicted molar refractivity (Wildman–Crippen MR) is 58.6 cm³/mol. The second-order valence-electron chi connectivity index (χ2n) is 3.46. The van der Waals surface area contributed by atoms with Crippen molar-refractivity contribution in [2.45, 2.75) is 32.2 Å². The Hall–Kier alpha value is -1.30. The molecule has 0 saturated carbocycles. The zero-order valence-corrected chi connectivity index (χ0v) is 9.07. The van der Waals surface area contributed by atoms with Crippen molar-refractivity contribution in [1.82, 2.24) is 4.90 Å². The maximum atomic E-state index is 10.4. The number of nitrogens with two attached hydrogens (primary N) is 2. The summed E-state index contributed by atoms with van der Waals surface area (Å²) in [5.41, 5.74) is 10.7. The highest BCUT2D eigenvalue weighted by Gasteiger charge is 2.12. The van der Waals surface area contributed by atoms with Crippen LogP contribution in [0.25, 0.3) is 0 Å². The maximum Gasteiger partial charge on any atom is 0.320 e. The Morgan fingerprint density at radius 1 is 1.53 bits per heavy atom. The molecule has 0 fully saturated rings. The van der Waals surface area contributed by atoms with Crippen molar-refractivity contribution in [3.63, 3.8) is 0 Å². The van der Waals surface area contributed by atoms with Gasteiger partial charge in [0.25, 0.3) is 0 Å². The molecule has 88 valence electrons. The van der Waals surface area contributed by atoms with E-state index in [1.165, 1.54) is 0 Å². The van der Waals surface area contributed by atoms with E-state index in [9.17, 15) is 4.79 Å². The molecule has 0 spiro atoms. The number of guanidine groups is 1. The fourth-order valence-corrected chi connectivity index (χ4v) is 1.25. The van der Waals surface area contributed by atoms with Gasteiger partial charge in [0.15, 0.2) is 5.96 Å². The van der Waals surface area contributed by atoms with Crippen molar-refractivity contribution in [2.24, 2.45) is 11.5 Å². The topological polar surface area (TPSA) is 116 Å². The zero-order chi connectivity index (χ0) is 11.8. The fourth-order valence-electron chi connectivity index (χ4n) is 1.25. The van der Waals surface area contributed by atoms with E-state index in [4.69, 9.17) is 22.0 Å². The van der Waals surface area contributed by atoms with Gasteiger partial charge in [-0.15, -0.1) is 0 Å². The van der Waals surface area contributed by atoms with Crippen molar-refractivity contribution < 1.29 is 9.90 Å². The van der Waals surface area contributed by atoms with Gasteiger partial charge in [0.1, 0.15) is 6.04 Å². The molecule has 0 aliphatic carbocycles. The lowest BCUT2D eigenvalue weighted by Crippen LogP contribution is -2.38. The van der Waals surface area contributed by atoms with E-state index in [-0.39, 0.29) is 5.96 Å². The van der Waals surface area contributed by atoms with Crippen LogP contribution in [0.5, 0.6) is 0 Å². The maximum absolute atomic E-state index is 10.4. The van der Waals surface area contributed by atoms with Crippen molar-refractivity contribution >= 4 is 11.9 Å². The highest BCUT2D eigenvalue weighted by Crippen LogP contribution is 1.99. The molecule has 0 aromatic rings. The van der Waals surface area contributed by atoms with Gasteiger partial charge in [0.05, 0.1) is 0 Å². The minimum absolute atomic E-state index is 0.0285. The van der Waals surface area contributed by atoms with Gasteiger partial charge < -0.3 is 21.5 Å². The van der Waals surface area contributed by atoms with Crippen LogP contribution >= 0.6 is 0 Å². The molecule has 0 bridgehead atoms. The van der Waals surface area contributed by atoms with Gasteiger partial charge in [-0.2, -0.15) is 0 Å². The Kier molecular flexibility index (Phi) is 6.44. The molecule has 0 aromatic heterocycles. The van der Waals surface area contributed by atoms with E-state index in [2.05, 4.69) is 0 Å². The lowest BCUT2D eigenvalue weighted by atomic mass is 10.1. The number of rotatable bonds is 7. The molecule has 0 amide bonds. The van der Waals surface area contributed by atoms with Gasteiger partial charge in [-0.3, -0.25) is 10.2 Å². The highest BCUT2D eigenvalue weighted by atomic mass is 16.4. The molecule has 0 radical (unpaired) electrons. The Bertz CT molecular complexity index is 220. The molecule has 0 unspecified atom stereocenters. The van der Waals surface area contributed by atoms with Gasteiger partial charge in [0.2, 0.25) is 0 Å². The quantitative estimate of drug-likeness (QED) is 0.347. The van der Waals surface area contributed by atoms with E-state index >= 15 is 0 Å². The standard InChI is InChI=1S/C9H20N4O2/c1-2-5-13(9(11)12)6-3-4-7(10)8(14)15/h7H,2-6,10H2,1H3,(H3,11,12)(H,14,15)/t7-/m0/s1. The van der Waals surface area contributed by atoms with Crippen molar-refractivity contribution in [3.05, 3.63) is 0 Å².